The molecular weight excluding hydrogens is 420 g/mol. The minimum absolute atomic E-state index is 0.0123. The molecule has 1 atom stereocenters. The zero-order valence-corrected chi connectivity index (χ0v) is 18.6. The number of piperidine rings is 1. The molecule has 1 unspecified atom stereocenters. The number of amides is 2. The van der Waals surface area contributed by atoms with Crippen molar-refractivity contribution >= 4 is 22.8 Å². The molecule has 1 aromatic carbocycles. The van der Waals surface area contributed by atoms with E-state index in [1.54, 1.807) is 23.2 Å². The fourth-order valence-corrected chi connectivity index (χ4v) is 4.79. The summed E-state index contributed by atoms with van der Waals surface area (Å²) < 4.78 is 11.3. The van der Waals surface area contributed by atoms with E-state index in [2.05, 4.69) is 22.3 Å². The molecule has 1 fully saturated rings. The predicted molar refractivity (Wildman–Crippen MR) is 122 cm³/mol. The summed E-state index contributed by atoms with van der Waals surface area (Å²) >= 11 is 0. The zero-order valence-electron chi connectivity index (χ0n) is 18.6. The van der Waals surface area contributed by atoms with Gasteiger partial charge in [0.15, 0.2) is 0 Å². The molecule has 0 aliphatic carbocycles. The molecule has 3 aromatic rings. The van der Waals surface area contributed by atoms with Gasteiger partial charge in [-0.05, 0) is 68.4 Å². The Morgan fingerprint density at radius 2 is 2.00 bits per heavy atom. The van der Waals surface area contributed by atoms with E-state index in [1.807, 2.05) is 17.0 Å². The molecule has 0 saturated carbocycles. The number of aromatic nitrogens is 2. The summed E-state index contributed by atoms with van der Waals surface area (Å²) in [6, 6.07) is 11.9. The molecule has 33 heavy (non-hydrogen) atoms. The van der Waals surface area contributed by atoms with E-state index in [0.29, 0.717) is 30.6 Å². The van der Waals surface area contributed by atoms with Gasteiger partial charge in [0.2, 0.25) is 17.3 Å². The molecule has 2 aliphatic heterocycles. The Morgan fingerprint density at radius 1 is 1.06 bits per heavy atom. The van der Waals surface area contributed by atoms with E-state index >= 15 is 0 Å². The Hall–Kier alpha value is -3.42. The molecule has 172 valence electrons. The topological polar surface area (TPSA) is 88.8 Å². The van der Waals surface area contributed by atoms with Crippen LogP contribution in [0.5, 0.6) is 5.75 Å². The summed E-state index contributed by atoms with van der Waals surface area (Å²) in [5, 5.41) is 4.46. The van der Waals surface area contributed by atoms with Crippen molar-refractivity contribution < 1.29 is 18.8 Å². The van der Waals surface area contributed by atoms with Gasteiger partial charge in [-0.3, -0.25) is 9.59 Å². The van der Waals surface area contributed by atoms with Crippen molar-refractivity contribution in [2.75, 3.05) is 26.2 Å². The lowest BCUT2D eigenvalue weighted by Crippen LogP contribution is -2.49. The molecule has 5 rings (SSSR count). The number of pyridine rings is 1. The molecule has 2 aliphatic rings. The third-order valence-electron chi connectivity index (χ3n) is 6.52. The number of fused-ring (bicyclic) bond motifs is 4. The molecule has 8 nitrogen and oxygen atoms in total. The van der Waals surface area contributed by atoms with Crippen LogP contribution in [0, 0.1) is 0 Å². The number of hydrogen-bond acceptors (Lipinski definition) is 6. The first-order valence-electron chi connectivity index (χ1n) is 11.7. The summed E-state index contributed by atoms with van der Waals surface area (Å²) in [4.78, 5) is 34.5. The van der Waals surface area contributed by atoms with E-state index in [4.69, 9.17) is 9.26 Å². The molecule has 8 heteroatoms. The Labute approximate surface area is 192 Å². The van der Waals surface area contributed by atoms with Crippen LogP contribution in [0.3, 0.4) is 0 Å². The van der Waals surface area contributed by atoms with Crippen molar-refractivity contribution in [2.45, 2.75) is 44.6 Å². The van der Waals surface area contributed by atoms with Crippen LogP contribution in [0.25, 0.3) is 11.0 Å². The van der Waals surface area contributed by atoms with Crippen molar-refractivity contribution in [1.29, 1.82) is 0 Å². The van der Waals surface area contributed by atoms with Gasteiger partial charge in [0, 0.05) is 25.3 Å². The SMILES string of the molecule is O=C(c1onc2ncccc12)N1CCCOc2cccc(c2)CCC2CCCCN2C(=O)C1. The van der Waals surface area contributed by atoms with Crippen LogP contribution in [-0.4, -0.2) is 64.0 Å². The van der Waals surface area contributed by atoms with Gasteiger partial charge in [-0.2, -0.15) is 0 Å². The fraction of sp³-hybridized carbons (Fsp3) is 0.440. The number of ether oxygens (including phenoxy) is 1. The van der Waals surface area contributed by atoms with Gasteiger partial charge in [-0.25, -0.2) is 4.98 Å². The maximum atomic E-state index is 13.4. The number of nitrogens with zero attached hydrogens (tertiary/aromatic N) is 4. The smallest absolute Gasteiger partial charge is 0.293 e. The molecular formula is C25H28N4O4. The summed E-state index contributed by atoms with van der Waals surface area (Å²) in [7, 11) is 0. The number of carbonyl (C=O) groups is 2. The Kier molecular flexibility index (Phi) is 6.24. The number of benzene rings is 1. The van der Waals surface area contributed by atoms with Crippen LogP contribution >= 0.6 is 0 Å². The third kappa shape index (κ3) is 4.69. The van der Waals surface area contributed by atoms with Gasteiger partial charge < -0.3 is 19.1 Å². The minimum atomic E-state index is -0.346. The molecule has 1 saturated heterocycles. The molecule has 2 aromatic heterocycles. The van der Waals surface area contributed by atoms with Crippen molar-refractivity contribution in [3.05, 3.63) is 53.9 Å². The second-order valence-electron chi connectivity index (χ2n) is 8.74. The third-order valence-corrected chi connectivity index (χ3v) is 6.52. The van der Waals surface area contributed by atoms with Gasteiger partial charge in [0.1, 0.15) is 12.3 Å². The first-order valence-corrected chi connectivity index (χ1v) is 11.7. The standard InChI is InChI=1S/C25H28N4O4/c30-22-17-28(25(31)23-21-9-4-12-26-24(21)27-33-23)13-5-15-32-20-8-3-6-18(16-20)10-11-19-7-1-2-14-29(19)22/h3-4,6,8-9,12,16,19H,1-2,5,7,10-11,13-15,17H2. The fourth-order valence-electron chi connectivity index (χ4n) is 4.79. The normalized spacial score (nSPS) is 20.1. The van der Waals surface area contributed by atoms with E-state index < -0.39 is 0 Å². The quantitative estimate of drug-likeness (QED) is 0.566. The number of aryl methyl sites for hydroxylation is 1. The number of rotatable bonds is 1. The minimum Gasteiger partial charge on any atom is -0.494 e. The molecule has 2 amide bonds. The van der Waals surface area contributed by atoms with E-state index in [1.165, 1.54) is 5.56 Å². The van der Waals surface area contributed by atoms with Crippen LogP contribution in [0.2, 0.25) is 0 Å². The van der Waals surface area contributed by atoms with Crippen molar-refractivity contribution in [3.8, 4) is 5.75 Å². The summed E-state index contributed by atoms with van der Waals surface area (Å²) in [6.07, 6.45) is 7.11. The largest absolute Gasteiger partial charge is 0.494 e. The number of hydrogen-bond donors (Lipinski definition) is 0. The lowest BCUT2D eigenvalue weighted by Gasteiger charge is -2.37. The van der Waals surface area contributed by atoms with Crippen LogP contribution in [0.4, 0.5) is 0 Å². The second kappa shape index (κ2) is 9.60. The predicted octanol–water partition coefficient (Wildman–Crippen LogP) is 3.46. The monoisotopic (exact) mass is 448 g/mol. The Balaban J connectivity index is 1.42. The van der Waals surface area contributed by atoms with Gasteiger partial charge in [0.05, 0.1) is 12.0 Å². The maximum Gasteiger partial charge on any atom is 0.293 e. The lowest BCUT2D eigenvalue weighted by molar-refractivity contribution is -0.135. The van der Waals surface area contributed by atoms with Crippen LogP contribution in [0.15, 0.2) is 47.1 Å². The zero-order chi connectivity index (χ0) is 22.6. The molecule has 0 spiro atoms. The van der Waals surface area contributed by atoms with Crippen molar-refractivity contribution in [3.63, 3.8) is 0 Å². The Morgan fingerprint density at radius 3 is 2.94 bits per heavy atom. The summed E-state index contributed by atoms with van der Waals surface area (Å²) in [5.74, 6) is 0.602. The van der Waals surface area contributed by atoms with E-state index in [0.717, 1.165) is 44.4 Å². The highest BCUT2D eigenvalue weighted by Crippen LogP contribution is 2.24. The average molecular weight is 449 g/mol. The first-order chi connectivity index (χ1) is 16.2. The first kappa shape index (κ1) is 21.4. The number of carbonyl (C=O) groups excluding carboxylic acids is 2. The highest BCUT2D eigenvalue weighted by molar-refractivity contribution is 6.03. The Bertz CT molecular complexity index is 1140. The van der Waals surface area contributed by atoms with Crippen LogP contribution in [-0.2, 0) is 11.2 Å². The van der Waals surface area contributed by atoms with Gasteiger partial charge in [-0.15, -0.1) is 0 Å². The average Bonchev–Trinajstić information content (AvgIpc) is 3.28. The second-order valence-corrected chi connectivity index (χ2v) is 8.74. The van der Waals surface area contributed by atoms with Gasteiger partial charge >= 0.3 is 0 Å². The highest BCUT2D eigenvalue weighted by atomic mass is 16.5. The van der Waals surface area contributed by atoms with E-state index in [9.17, 15) is 9.59 Å². The van der Waals surface area contributed by atoms with E-state index in [-0.39, 0.29) is 30.2 Å². The summed E-state index contributed by atoms with van der Waals surface area (Å²) in [6.45, 7) is 1.59. The lowest BCUT2D eigenvalue weighted by atomic mass is 9.95. The highest BCUT2D eigenvalue weighted by Gasteiger charge is 2.31. The van der Waals surface area contributed by atoms with Gasteiger partial charge in [-0.1, -0.05) is 17.3 Å². The molecule has 0 N–H and O–H groups in total. The molecule has 0 radical (unpaired) electrons. The van der Waals surface area contributed by atoms with Crippen molar-refractivity contribution in [2.24, 2.45) is 0 Å². The molecule has 4 heterocycles. The maximum absolute atomic E-state index is 13.4. The molecule has 2 bridgehead atoms. The van der Waals surface area contributed by atoms with Gasteiger partial charge in [0.25, 0.3) is 5.91 Å². The van der Waals surface area contributed by atoms with Crippen molar-refractivity contribution in [1.82, 2.24) is 19.9 Å². The van der Waals surface area contributed by atoms with Crippen LogP contribution in [0.1, 0.15) is 48.2 Å². The summed E-state index contributed by atoms with van der Waals surface area (Å²) in [5.41, 5.74) is 1.61. The van der Waals surface area contributed by atoms with Crippen LogP contribution < -0.4 is 4.74 Å².